The van der Waals surface area contributed by atoms with Crippen molar-refractivity contribution in [2.75, 3.05) is 13.2 Å². The number of ether oxygens (including phenoxy) is 2. The van der Waals surface area contributed by atoms with Crippen molar-refractivity contribution in [1.82, 2.24) is 0 Å². The van der Waals surface area contributed by atoms with Crippen molar-refractivity contribution in [3.8, 4) is 5.75 Å². The largest absolute Gasteiger partial charge is 0.493 e. The van der Waals surface area contributed by atoms with Gasteiger partial charge in [0.05, 0.1) is 19.6 Å². The van der Waals surface area contributed by atoms with Crippen molar-refractivity contribution in [2.45, 2.75) is 45.0 Å². The summed E-state index contributed by atoms with van der Waals surface area (Å²) in [6.45, 7) is 0.998. The number of benzene rings is 1. The molecular formula is C16H20F2O3. The summed E-state index contributed by atoms with van der Waals surface area (Å²) < 4.78 is 34.4. The SMILES string of the molecule is O=C(Cc1ccc2c(c1)CCO2)OCCCCCC(F)F. The van der Waals surface area contributed by atoms with Crippen LogP contribution in [-0.2, 0) is 22.4 Å². The first-order valence-corrected chi connectivity index (χ1v) is 7.33. The molecule has 1 aliphatic heterocycles. The van der Waals surface area contributed by atoms with Crippen molar-refractivity contribution >= 4 is 5.97 Å². The fourth-order valence-electron chi connectivity index (χ4n) is 2.33. The van der Waals surface area contributed by atoms with Crippen LogP contribution in [0.15, 0.2) is 18.2 Å². The second kappa shape index (κ2) is 7.96. The maximum atomic E-state index is 11.9. The van der Waals surface area contributed by atoms with E-state index in [0.717, 1.165) is 23.3 Å². The zero-order valence-electron chi connectivity index (χ0n) is 11.9. The van der Waals surface area contributed by atoms with E-state index in [1.807, 2.05) is 18.2 Å². The van der Waals surface area contributed by atoms with Crippen LogP contribution in [0.3, 0.4) is 0 Å². The van der Waals surface area contributed by atoms with E-state index in [2.05, 4.69) is 0 Å². The summed E-state index contributed by atoms with van der Waals surface area (Å²) >= 11 is 0. The number of rotatable bonds is 8. The molecule has 1 aromatic carbocycles. The van der Waals surface area contributed by atoms with Gasteiger partial charge in [-0.15, -0.1) is 0 Å². The summed E-state index contributed by atoms with van der Waals surface area (Å²) in [5.74, 6) is 0.619. The highest BCUT2D eigenvalue weighted by Crippen LogP contribution is 2.26. The van der Waals surface area contributed by atoms with E-state index in [4.69, 9.17) is 9.47 Å². The van der Waals surface area contributed by atoms with E-state index in [-0.39, 0.29) is 18.8 Å². The zero-order valence-corrected chi connectivity index (χ0v) is 11.9. The summed E-state index contributed by atoms with van der Waals surface area (Å²) in [5, 5.41) is 0. The lowest BCUT2D eigenvalue weighted by molar-refractivity contribution is -0.142. The average Bonchev–Trinajstić information content (AvgIpc) is 2.89. The van der Waals surface area contributed by atoms with Crippen LogP contribution in [0.1, 0.15) is 36.8 Å². The Hall–Kier alpha value is -1.65. The minimum absolute atomic E-state index is 0.0782. The highest BCUT2D eigenvalue weighted by atomic mass is 19.3. The van der Waals surface area contributed by atoms with Crippen LogP contribution in [0.25, 0.3) is 0 Å². The van der Waals surface area contributed by atoms with Gasteiger partial charge < -0.3 is 9.47 Å². The van der Waals surface area contributed by atoms with Crippen LogP contribution in [0.4, 0.5) is 8.78 Å². The van der Waals surface area contributed by atoms with E-state index < -0.39 is 6.43 Å². The monoisotopic (exact) mass is 298 g/mol. The standard InChI is InChI=1S/C16H20F2O3/c17-15(18)4-2-1-3-8-21-16(19)11-12-5-6-14-13(10-12)7-9-20-14/h5-6,10,15H,1-4,7-9,11H2. The molecule has 1 heterocycles. The molecule has 0 aromatic heterocycles. The smallest absolute Gasteiger partial charge is 0.310 e. The van der Waals surface area contributed by atoms with Gasteiger partial charge in [-0.25, -0.2) is 8.78 Å². The van der Waals surface area contributed by atoms with Crippen LogP contribution < -0.4 is 4.74 Å². The highest BCUT2D eigenvalue weighted by molar-refractivity contribution is 5.72. The van der Waals surface area contributed by atoms with E-state index >= 15 is 0 Å². The zero-order chi connectivity index (χ0) is 15.1. The molecule has 116 valence electrons. The summed E-state index contributed by atoms with van der Waals surface area (Å²) in [7, 11) is 0. The van der Waals surface area contributed by atoms with Gasteiger partial charge in [-0.05, 0) is 36.5 Å². The number of carbonyl (C=O) groups excluding carboxylic acids is 1. The van der Waals surface area contributed by atoms with Crippen molar-refractivity contribution < 1.29 is 23.0 Å². The lowest BCUT2D eigenvalue weighted by Gasteiger charge is -2.06. The van der Waals surface area contributed by atoms with Crippen molar-refractivity contribution in [2.24, 2.45) is 0 Å². The van der Waals surface area contributed by atoms with Gasteiger partial charge in [0.15, 0.2) is 0 Å². The molecule has 0 atom stereocenters. The van der Waals surface area contributed by atoms with Gasteiger partial charge in [0.2, 0.25) is 6.43 Å². The van der Waals surface area contributed by atoms with E-state index in [1.165, 1.54) is 0 Å². The number of fused-ring (bicyclic) bond motifs is 1. The van der Waals surface area contributed by atoms with Gasteiger partial charge >= 0.3 is 5.97 Å². The first-order chi connectivity index (χ1) is 10.1. The molecule has 0 unspecified atom stereocenters. The van der Waals surface area contributed by atoms with Gasteiger partial charge in [0.25, 0.3) is 0 Å². The van der Waals surface area contributed by atoms with Crippen molar-refractivity contribution in [1.29, 1.82) is 0 Å². The molecule has 0 radical (unpaired) electrons. The summed E-state index contributed by atoms with van der Waals surface area (Å²) in [6.07, 6.45) is 0.568. The lowest BCUT2D eigenvalue weighted by Crippen LogP contribution is -2.09. The van der Waals surface area contributed by atoms with Gasteiger partial charge in [-0.2, -0.15) is 0 Å². The molecule has 0 saturated heterocycles. The van der Waals surface area contributed by atoms with Gasteiger partial charge in [0, 0.05) is 12.8 Å². The van der Waals surface area contributed by atoms with Gasteiger partial charge in [-0.1, -0.05) is 12.1 Å². The number of alkyl halides is 2. The Balaban J connectivity index is 1.63. The fourth-order valence-corrected chi connectivity index (χ4v) is 2.33. The summed E-state index contributed by atoms with van der Waals surface area (Å²) in [6, 6.07) is 5.73. The van der Waals surface area contributed by atoms with Crippen molar-refractivity contribution in [3.63, 3.8) is 0 Å². The Kier molecular flexibility index (Phi) is 5.96. The van der Waals surface area contributed by atoms with E-state index in [0.29, 0.717) is 32.5 Å². The number of esters is 1. The molecule has 0 N–H and O–H groups in total. The van der Waals surface area contributed by atoms with Crippen LogP contribution >= 0.6 is 0 Å². The molecule has 1 aromatic rings. The number of hydrogen-bond donors (Lipinski definition) is 0. The van der Waals surface area contributed by atoms with Crippen molar-refractivity contribution in [3.05, 3.63) is 29.3 Å². The Labute approximate surface area is 123 Å². The predicted octanol–water partition coefficient (Wildman–Crippen LogP) is 3.53. The summed E-state index contributed by atoms with van der Waals surface area (Å²) in [4.78, 5) is 11.7. The fraction of sp³-hybridized carbons (Fsp3) is 0.562. The Bertz CT molecular complexity index is 475. The van der Waals surface area contributed by atoms with Crippen LogP contribution in [-0.4, -0.2) is 25.6 Å². The second-order valence-electron chi connectivity index (χ2n) is 5.18. The Morgan fingerprint density at radius 2 is 2.14 bits per heavy atom. The molecular weight excluding hydrogens is 278 g/mol. The predicted molar refractivity (Wildman–Crippen MR) is 74.8 cm³/mol. The van der Waals surface area contributed by atoms with E-state index in [9.17, 15) is 13.6 Å². The highest BCUT2D eigenvalue weighted by Gasteiger charge is 2.13. The molecule has 5 heteroatoms. The Morgan fingerprint density at radius 3 is 2.95 bits per heavy atom. The number of carbonyl (C=O) groups is 1. The maximum Gasteiger partial charge on any atom is 0.310 e. The van der Waals surface area contributed by atoms with E-state index in [1.54, 1.807) is 0 Å². The molecule has 0 bridgehead atoms. The molecule has 0 fully saturated rings. The minimum atomic E-state index is -2.24. The maximum absolute atomic E-state index is 11.9. The van der Waals surface area contributed by atoms with Crippen LogP contribution in [0, 0.1) is 0 Å². The number of halogens is 2. The lowest BCUT2D eigenvalue weighted by atomic mass is 10.1. The summed E-state index contributed by atoms with van der Waals surface area (Å²) in [5.41, 5.74) is 2.05. The van der Waals surface area contributed by atoms with Crippen LogP contribution in [0.2, 0.25) is 0 Å². The molecule has 0 aliphatic carbocycles. The first-order valence-electron chi connectivity index (χ1n) is 7.33. The molecule has 0 spiro atoms. The first kappa shape index (κ1) is 15.7. The minimum Gasteiger partial charge on any atom is -0.493 e. The van der Waals surface area contributed by atoms with Crippen LogP contribution in [0.5, 0.6) is 5.75 Å². The average molecular weight is 298 g/mol. The third kappa shape index (κ3) is 5.33. The molecule has 2 rings (SSSR count). The normalized spacial score (nSPS) is 13.1. The molecule has 0 saturated carbocycles. The third-order valence-electron chi connectivity index (χ3n) is 3.43. The Morgan fingerprint density at radius 1 is 1.29 bits per heavy atom. The molecule has 3 nitrogen and oxygen atoms in total. The second-order valence-corrected chi connectivity index (χ2v) is 5.18. The molecule has 1 aliphatic rings. The van der Waals surface area contributed by atoms with Gasteiger partial charge in [0.1, 0.15) is 5.75 Å². The number of hydrogen-bond acceptors (Lipinski definition) is 3. The molecule has 21 heavy (non-hydrogen) atoms. The third-order valence-corrected chi connectivity index (χ3v) is 3.43. The topological polar surface area (TPSA) is 35.5 Å². The van der Waals surface area contributed by atoms with Gasteiger partial charge in [-0.3, -0.25) is 4.79 Å². The quantitative estimate of drug-likeness (QED) is 0.544. The molecule has 0 amide bonds. The number of unbranched alkanes of at least 4 members (excludes halogenated alkanes) is 2.